The number of pyridine rings is 1. The maximum atomic E-state index is 4.21. The number of aromatic nitrogens is 3. The Balaban J connectivity index is 0.000000980. The van der Waals surface area contributed by atoms with Crippen LogP contribution in [0.3, 0.4) is 0 Å². The van der Waals surface area contributed by atoms with Gasteiger partial charge in [0.2, 0.25) is 0 Å². The van der Waals surface area contributed by atoms with Gasteiger partial charge in [-0.15, -0.1) is 0 Å². The number of halogens is 2. The third-order valence-corrected chi connectivity index (χ3v) is 2.57. The standard InChI is InChI=1S/C9H6IN3.HI/c10-8-2-5-11-6-7(8)9-12-3-1-4-13-9;/h1-6H;1H. The molecule has 3 nitrogen and oxygen atoms in total. The summed E-state index contributed by atoms with van der Waals surface area (Å²) in [6, 6.07) is 3.81. The molecule has 5 heteroatoms. The van der Waals surface area contributed by atoms with Gasteiger partial charge in [-0.3, -0.25) is 4.98 Å². The number of rotatable bonds is 1. The molecule has 0 unspecified atom stereocenters. The molecular formula is C9H7I2N3. The van der Waals surface area contributed by atoms with E-state index in [1.54, 1.807) is 18.6 Å². The van der Waals surface area contributed by atoms with Crippen molar-refractivity contribution in [3.63, 3.8) is 0 Å². The first kappa shape index (κ1) is 11.8. The molecule has 0 amide bonds. The molecule has 0 aliphatic rings. The Bertz CT molecular complexity index is 406. The summed E-state index contributed by atoms with van der Waals surface area (Å²) in [7, 11) is 0. The van der Waals surface area contributed by atoms with E-state index in [0.717, 1.165) is 15.0 Å². The van der Waals surface area contributed by atoms with Gasteiger partial charge in [-0.05, 0) is 33.6 Å². The third-order valence-electron chi connectivity index (χ3n) is 1.63. The van der Waals surface area contributed by atoms with Crippen LogP contribution in [-0.4, -0.2) is 9.97 Å². The van der Waals surface area contributed by atoms with Gasteiger partial charge in [0.05, 0.1) is 11.8 Å². The van der Waals surface area contributed by atoms with Crippen LogP contribution in [0, 0.1) is 3.57 Å². The SMILES string of the molecule is Ic1ccncc1-c1nccc[nH+]1.[I-]. The molecule has 0 fully saturated rings. The zero-order valence-electron chi connectivity index (χ0n) is 7.11. The van der Waals surface area contributed by atoms with Gasteiger partial charge in [0.15, 0.2) is 0 Å². The first-order valence-electron chi connectivity index (χ1n) is 3.80. The number of H-pyrrole nitrogens is 1. The molecule has 2 aromatic rings. The van der Waals surface area contributed by atoms with Crippen molar-refractivity contribution >= 4 is 22.6 Å². The van der Waals surface area contributed by atoms with Crippen molar-refractivity contribution in [3.8, 4) is 11.4 Å². The molecule has 0 aromatic carbocycles. The Morgan fingerprint density at radius 2 is 2.14 bits per heavy atom. The summed E-state index contributed by atoms with van der Waals surface area (Å²) in [5.74, 6) is 0.847. The zero-order chi connectivity index (χ0) is 9.10. The van der Waals surface area contributed by atoms with Crippen molar-refractivity contribution in [1.82, 2.24) is 9.97 Å². The van der Waals surface area contributed by atoms with Crippen LogP contribution < -0.4 is 29.0 Å². The lowest BCUT2D eigenvalue weighted by Gasteiger charge is -1.94. The van der Waals surface area contributed by atoms with E-state index < -0.39 is 0 Å². The normalized spacial score (nSPS) is 9.21. The fraction of sp³-hybridized carbons (Fsp3) is 0. The highest BCUT2D eigenvalue weighted by Gasteiger charge is 2.10. The zero-order valence-corrected chi connectivity index (χ0v) is 11.4. The molecule has 1 N–H and O–H groups in total. The average molecular weight is 411 g/mol. The van der Waals surface area contributed by atoms with Gasteiger partial charge in [0.25, 0.3) is 0 Å². The van der Waals surface area contributed by atoms with E-state index >= 15 is 0 Å². The summed E-state index contributed by atoms with van der Waals surface area (Å²) in [5.41, 5.74) is 1.03. The van der Waals surface area contributed by atoms with Gasteiger partial charge >= 0.3 is 5.82 Å². The highest BCUT2D eigenvalue weighted by atomic mass is 127. The van der Waals surface area contributed by atoms with Crippen LogP contribution in [0.2, 0.25) is 0 Å². The van der Waals surface area contributed by atoms with Crippen LogP contribution in [0.15, 0.2) is 36.9 Å². The quantitative estimate of drug-likeness (QED) is 0.541. The van der Waals surface area contributed by atoms with Crippen LogP contribution in [0.25, 0.3) is 11.4 Å². The summed E-state index contributed by atoms with van der Waals surface area (Å²) in [6.07, 6.45) is 7.19. The van der Waals surface area contributed by atoms with E-state index in [4.69, 9.17) is 0 Å². The number of aromatic amines is 1. The van der Waals surface area contributed by atoms with Gasteiger partial charge in [0, 0.05) is 22.0 Å². The van der Waals surface area contributed by atoms with E-state index in [1.807, 2.05) is 18.3 Å². The molecule has 0 bridgehead atoms. The number of nitrogens with zero attached hydrogens (tertiary/aromatic N) is 2. The average Bonchev–Trinajstić information content (AvgIpc) is 2.20. The Labute approximate surface area is 113 Å². The maximum Gasteiger partial charge on any atom is 0.330 e. The summed E-state index contributed by atoms with van der Waals surface area (Å²) in [5, 5.41) is 0. The van der Waals surface area contributed by atoms with Crippen molar-refractivity contribution in [2.45, 2.75) is 0 Å². The third kappa shape index (κ3) is 2.59. The highest BCUT2D eigenvalue weighted by molar-refractivity contribution is 14.1. The molecule has 0 spiro atoms. The second-order valence-corrected chi connectivity index (χ2v) is 3.65. The lowest BCUT2D eigenvalue weighted by atomic mass is 10.3. The van der Waals surface area contributed by atoms with Gasteiger partial charge in [-0.25, -0.2) is 4.98 Å². The second-order valence-electron chi connectivity index (χ2n) is 2.49. The fourth-order valence-corrected chi connectivity index (χ4v) is 1.58. The molecule has 0 saturated heterocycles. The minimum atomic E-state index is 0. The molecule has 0 aliphatic heterocycles. The predicted molar refractivity (Wildman–Crippen MR) is 56.7 cm³/mol. The summed E-state index contributed by atoms with van der Waals surface area (Å²) < 4.78 is 1.14. The minimum absolute atomic E-state index is 0. The molecule has 0 aliphatic carbocycles. The Morgan fingerprint density at radius 3 is 2.79 bits per heavy atom. The van der Waals surface area contributed by atoms with Gasteiger partial charge in [-0.2, -0.15) is 0 Å². The molecule has 2 heterocycles. The minimum Gasteiger partial charge on any atom is -1.00 e. The second kappa shape index (κ2) is 5.54. The first-order valence-corrected chi connectivity index (χ1v) is 4.88. The van der Waals surface area contributed by atoms with Crippen LogP contribution in [0.1, 0.15) is 0 Å². The lowest BCUT2D eigenvalue weighted by Crippen LogP contribution is -3.00. The van der Waals surface area contributed by atoms with E-state index in [9.17, 15) is 0 Å². The van der Waals surface area contributed by atoms with E-state index in [2.05, 4.69) is 37.5 Å². The van der Waals surface area contributed by atoms with Crippen molar-refractivity contribution in [2.75, 3.05) is 0 Å². The largest absolute Gasteiger partial charge is 1.00 e. The highest BCUT2D eigenvalue weighted by Crippen LogP contribution is 2.17. The molecule has 0 saturated carbocycles. The smallest absolute Gasteiger partial charge is 0.330 e. The molecule has 0 atom stereocenters. The van der Waals surface area contributed by atoms with Gasteiger partial charge in [0.1, 0.15) is 6.20 Å². The number of nitrogens with one attached hydrogen (secondary N) is 1. The van der Waals surface area contributed by atoms with E-state index in [0.29, 0.717) is 0 Å². The lowest BCUT2D eigenvalue weighted by molar-refractivity contribution is -0.368. The molecule has 2 rings (SSSR count). The van der Waals surface area contributed by atoms with Crippen molar-refractivity contribution in [3.05, 3.63) is 40.5 Å². The predicted octanol–water partition coefficient (Wildman–Crippen LogP) is -1.43. The molecule has 72 valence electrons. The Kier molecular flexibility index (Phi) is 4.66. The maximum absolute atomic E-state index is 4.21. The fourth-order valence-electron chi connectivity index (χ4n) is 1.02. The Hall–Kier alpha value is -0.310. The summed E-state index contributed by atoms with van der Waals surface area (Å²) >= 11 is 2.26. The van der Waals surface area contributed by atoms with E-state index in [-0.39, 0.29) is 24.0 Å². The van der Waals surface area contributed by atoms with Gasteiger partial charge in [-0.1, -0.05) is 0 Å². The van der Waals surface area contributed by atoms with Gasteiger partial charge < -0.3 is 24.0 Å². The molecule has 0 radical (unpaired) electrons. The summed E-state index contributed by atoms with van der Waals surface area (Å²) in [4.78, 5) is 11.3. The monoisotopic (exact) mass is 411 g/mol. The molecular weight excluding hydrogens is 404 g/mol. The Morgan fingerprint density at radius 1 is 1.29 bits per heavy atom. The number of hydrogen-bond acceptors (Lipinski definition) is 2. The van der Waals surface area contributed by atoms with Crippen LogP contribution in [-0.2, 0) is 0 Å². The van der Waals surface area contributed by atoms with Crippen molar-refractivity contribution in [1.29, 1.82) is 0 Å². The van der Waals surface area contributed by atoms with Crippen molar-refractivity contribution < 1.29 is 29.0 Å². The van der Waals surface area contributed by atoms with Crippen LogP contribution in [0.5, 0.6) is 0 Å². The first-order chi connectivity index (χ1) is 6.38. The van der Waals surface area contributed by atoms with Crippen molar-refractivity contribution in [2.24, 2.45) is 0 Å². The topological polar surface area (TPSA) is 39.9 Å². The van der Waals surface area contributed by atoms with Crippen LogP contribution >= 0.6 is 22.6 Å². The van der Waals surface area contributed by atoms with E-state index in [1.165, 1.54) is 0 Å². The van der Waals surface area contributed by atoms with Crippen LogP contribution in [0.4, 0.5) is 0 Å². The molecule has 14 heavy (non-hydrogen) atoms. The molecule has 2 aromatic heterocycles. The number of hydrogen-bond donors (Lipinski definition) is 0. The summed E-state index contributed by atoms with van der Waals surface area (Å²) in [6.45, 7) is 0.